The van der Waals surface area contributed by atoms with E-state index >= 15 is 0 Å². The third kappa shape index (κ3) is 1.57. The van der Waals surface area contributed by atoms with E-state index in [9.17, 15) is 14.4 Å². The molecule has 1 aliphatic heterocycles. The molecule has 2 heterocycles. The zero-order valence-electron chi connectivity index (χ0n) is 10.4. The largest absolute Gasteiger partial charge is 0.477 e. The number of aryl methyl sites for hydroxylation is 1. The molecule has 7 heteroatoms. The minimum atomic E-state index is -1.19. The molecule has 2 amide bonds. The predicted octanol–water partition coefficient (Wildman–Crippen LogP) is 0.408. The highest BCUT2D eigenvalue weighted by atomic mass is 16.4. The van der Waals surface area contributed by atoms with E-state index < -0.39 is 5.97 Å². The number of fused-ring (bicyclic) bond motifs is 2. The van der Waals surface area contributed by atoms with E-state index in [0.717, 1.165) is 11.1 Å². The summed E-state index contributed by atoms with van der Waals surface area (Å²) in [4.78, 5) is 36.8. The average Bonchev–Trinajstić information content (AvgIpc) is 2.94. The molecule has 0 spiro atoms. The van der Waals surface area contributed by atoms with Crippen molar-refractivity contribution in [2.24, 2.45) is 18.9 Å². The lowest BCUT2D eigenvalue weighted by molar-refractivity contribution is -0.133. The van der Waals surface area contributed by atoms with Crippen LogP contribution in [0.5, 0.6) is 0 Å². The lowest BCUT2D eigenvalue weighted by Gasteiger charge is -2.29. The molecule has 2 unspecified atom stereocenters. The monoisotopic (exact) mass is 263 g/mol. The Bertz CT molecular complexity index is 570. The van der Waals surface area contributed by atoms with Crippen LogP contribution in [0.4, 0.5) is 5.82 Å². The molecule has 1 N–H and O–H groups in total. The molecule has 2 fully saturated rings. The highest BCUT2D eigenvalue weighted by Gasteiger charge is 2.47. The summed E-state index contributed by atoms with van der Waals surface area (Å²) < 4.78 is 1.27. The first-order chi connectivity index (χ1) is 9.00. The topological polar surface area (TPSA) is 92.5 Å². The number of carboxylic acids is 1. The summed E-state index contributed by atoms with van der Waals surface area (Å²) in [6.45, 7) is 0. The number of carbonyl (C=O) groups excluding carboxylic acids is 2. The van der Waals surface area contributed by atoms with E-state index in [1.54, 1.807) is 0 Å². The third-order valence-electron chi connectivity index (χ3n) is 3.92. The molecule has 2 atom stereocenters. The maximum atomic E-state index is 12.3. The van der Waals surface area contributed by atoms with Gasteiger partial charge < -0.3 is 5.11 Å². The van der Waals surface area contributed by atoms with Crippen molar-refractivity contribution in [3.8, 4) is 0 Å². The molecule has 2 aliphatic rings. The molecular formula is C12H13N3O4. The number of aromatic nitrogens is 2. The maximum absolute atomic E-state index is 12.3. The van der Waals surface area contributed by atoms with Crippen molar-refractivity contribution in [2.45, 2.75) is 19.3 Å². The quantitative estimate of drug-likeness (QED) is 0.780. The van der Waals surface area contributed by atoms with Crippen LogP contribution in [0.3, 0.4) is 0 Å². The molecule has 1 aliphatic carbocycles. The van der Waals surface area contributed by atoms with Gasteiger partial charge in [-0.1, -0.05) is 0 Å². The van der Waals surface area contributed by atoms with Crippen LogP contribution in [0.25, 0.3) is 0 Å². The van der Waals surface area contributed by atoms with Gasteiger partial charge in [0.2, 0.25) is 11.8 Å². The number of rotatable bonds is 2. The number of amides is 2. The van der Waals surface area contributed by atoms with Crippen LogP contribution in [0, 0.1) is 11.8 Å². The van der Waals surface area contributed by atoms with Gasteiger partial charge >= 0.3 is 5.97 Å². The van der Waals surface area contributed by atoms with Gasteiger partial charge in [-0.25, -0.2) is 9.69 Å². The van der Waals surface area contributed by atoms with Gasteiger partial charge in [-0.2, -0.15) is 5.10 Å². The minimum absolute atomic E-state index is 0.0686. The Morgan fingerprint density at radius 3 is 2.42 bits per heavy atom. The molecule has 19 heavy (non-hydrogen) atoms. The third-order valence-corrected chi connectivity index (χ3v) is 3.92. The van der Waals surface area contributed by atoms with Crippen LogP contribution in [0.2, 0.25) is 0 Å². The summed E-state index contributed by atoms with van der Waals surface area (Å²) >= 11 is 0. The number of hydrogen-bond donors (Lipinski definition) is 1. The number of hydrogen-bond acceptors (Lipinski definition) is 4. The zero-order chi connectivity index (χ0) is 13.7. The number of piperidine rings is 1. The van der Waals surface area contributed by atoms with E-state index in [1.165, 1.54) is 11.7 Å². The van der Waals surface area contributed by atoms with Gasteiger partial charge in [-0.15, -0.1) is 0 Å². The van der Waals surface area contributed by atoms with Crippen LogP contribution in [0.15, 0.2) is 6.20 Å². The first kappa shape index (κ1) is 11.9. The second-order valence-electron chi connectivity index (χ2n) is 5.03. The second kappa shape index (κ2) is 3.91. The van der Waals surface area contributed by atoms with Crippen LogP contribution >= 0.6 is 0 Å². The Morgan fingerprint density at radius 1 is 1.32 bits per heavy atom. The van der Waals surface area contributed by atoms with Gasteiger partial charge in [0.1, 0.15) is 5.56 Å². The van der Waals surface area contributed by atoms with Crippen LogP contribution in [0.1, 0.15) is 29.6 Å². The molecular weight excluding hydrogens is 250 g/mol. The number of imide groups is 1. The molecule has 1 aromatic heterocycles. The number of nitrogens with zero attached hydrogens (tertiary/aromatic N) is 3. The Kier molecular flexibility index (Phi) is 2.44. The maximum Gasteiger partial charge on any atom is 0.341 e. The fourth-order valence-electron chi connectivity index (χ4n) is 2.96. The fraction of sp³-hybridized carbons (Fsp3) is 0.500. The van der Waals surface area contributed by atoms with E-state index in [1.807, 2.05) is 0 Å². The lowest BCUT2D eigenvalue weighted by Crippen LogP contribution is -2.47. The predicted molar refractivity (Wildman–Crippen MR) is 63.5 cm³/mol. The smallest absolute Gasteiger partial charge is 0.341 e. The van der Waals surface area contributed by atoms with Gasteiger partial charge in [-0.05, 0) is 19.3 Å². The molecule has 7 nitrogen and oxygen atoms in total. The Morgan fingerprint density at radius 2 is 1.89 bits per heavy atom. The van der Waals surface area contributed by atoms with Crippen LogP contribution in [-0.2, 0) is 16.6 Å². The van der Waals surface area contributed by atoms with E-state index in [0.29, 0.717) is 19.3 Å². The Hall–Kier alpha value is -2.18. The summed E-state index contributed by atoms with van der Waals surface area (Å²) in [5, 5.41) is 13.0. The SMILES string of the molecule is Cn1ncc(C(=O)O)c1N1C(=O)C2CCC(C2)C1=O. The minimum Gasteiger partial charge on any atom is -0.477 e. The van der Waals surface area contributed by atoms with Crippen molar-refractivity contribution in [3.63, 3.8) is 0 Å². The van der Waals surface area contributed by atoms with Gasteiger partial charge in [0, 0.05) is 18.9 Å². The van der Waals surface area contributed by atoms with Crippen molar-refractivity contribution in [3.05, 3.63) is 11.8 Å². The van der Waals surface area contributed by atoms with Gasteiger partial charge in [-0.3, -0.25) is 14.3 Å². The van der Waals surface area contributed by atoms with E-state index in [-0.39, 0.29) is 35.0 Å². The summed E-state index contributed by atoms with van der Waals surface area (Å²) in [6.07, 6.45) is 3.15. The van der Waals surface area contributed by atoms with Crippen molar-refractivity contribution >= 4 is 23.6 Å². The van der Waals surface area contributed by atoms with Crippen molar-refractivity contribution in [2.75, 3.05) is 4.90 Å². The molecule has 1 aromatic rings. The normalized spacial score (nSPS) is 26.1. The highest BCUT2D eigenvalue weighted by molar-refractivity contribution is 6.20. The summed E-state index contributed by atoms with van der Waals surface area (Å²) in [7, 11) is 1.53. The summed E-state index contributed by atoms with van der Waals surface area (Å²) in [5.41, 5.74) is -0.120. The first-order valence-corrected chi connectivity index (χ1v) is 6.13. The van der Waals surface area contributed by atoms with Crippen molar-refractivity contribution in [1.82, 2.24) is 9.78 Å². The Balaban J connectivity index is 2.11. The van der Waals surface area contributed by atoms with Crippen LogP contribution in [-0.4, -0.2) is 32.7 Å². The number of aromatic carboxylic acids is 1. The highest BCUT2D eigenvalue weighted by Crippen LogP contribution is 2.40. The molecule has 3 rings (SSSR count). The van der Waals surface area contributed by atoms with Gasteiger partial charge in [0.25, 0.3) is 0 Å². The average molecular weight is 263 g/mol. The van der Waals surface area contributed by atoms with E-state index in [4.69, 9.17) is 5.11 Å². The second-order valence-corrected chi connectivity index (χ2v) is 5.03. The summed E-state index contributed by atoms with van der Waals surface area (Å²) in [5.74, 6) is -2.06. The fourth-order valence-corrected chi connectivity index (χ4v) is 2.96. The number of carbonyl (C=O) groups is 3. The van der Waals surface area contributed by atoms with Gasteiger partial charge in [0.05, 0.1) is 6.20 Å². The van der Waals surface area contributed by atoms with Crippen LogP contribution < -0.4 is 4.90 Å². The number of anilines is 1. The van der Waals surface area contributed by atoms with Gasteiger partial charge in [0.15, 0.2) is 5.82 Å². The van der Waals surface area contributed by atoms with E-state index in [2.05, 4.69) is 5.10 Å². The molecule has 2 bridgehead atoms. The number of carboxylic acid groups (broad SMARTS) is 1. The summed E-state index contributed by atoms with van der Waals surface area (Å²) in [6, 6.07) is 0. The molecule has 1 saturated carbocycles. The first-order valence-electron chi connectivity index (χ1n) is 6.13. The standard InChI is InChI=1S/C12H13N3O4/c1-14-9(8(5-13-14)12(18)19)15-10(16)6-2-3-7(4-6)11(15)17/h5-7H,2-4H2,1H3,(H,18,19). The molecule has 1 saturated heterocycles. The van der Waals surface area contributed by atoms with Crippen molar-refractivity contribution < 1.29 is 19.5 Å². The molecule has 100 valence electrons. The molecule has 0 aromatic carbocycles. The lowest BCUT2D eigenvalue weighted by atomic mass is 9.97. The molecule has 0 radical (unpaired) electrons. The zero-order valence-corrected chi connectivity index (χ0v) is 10.4. The van der Waals surface area contributed by atoms with Crippen molar-refractivity contribution in [1.29, 1.82) is 0 Å². The Labute approximate surface area is 108 Å².